The minimum atomic E-state index is -4.38. The molecule has 2 aliphatic heterocycles. The molecule has 13 heteroatoms. The average molecular weight is 524 g/mol. The van der Waals surface area contributed by atoms with Crippen LogP contribution in [0.4, 0.5) is 33.5 Å². The summed E-state index contributed by atoms with van der Waals surface area (Å²) in [5.74, 6) is -4.86. The number of hydrogen-bond acceptors (Lipinski definition) is 8. The maximum atomic E-state index is 13.4. The molecule has 0 unspecified atom stereocenters. The lowest BCUT2D eigenvalue weighted by atomic mass is 9.93. The van der Waals surface area contributed by atoms with E-state index < -0.39 is 29.8 Å². The molecule has 4 N–H and O–H groups in total. The lowest BCUT2D eigenvalue weighted by molar-refractivity contribution is -0.177. The molecule has 5 heterocycles. The highest BCUT2D eigenvalue weighted by Gasteiger charge is 2.45. The van der Waals surface area contributed by atoms with Gasteiger partial charge in [0.25, 0.3) is 5.92 Å². The van der Waals surface area contributed by atoms with Crippen molar-refractivity contribution in [2.75, 3.05) is 36.8 Å². The van der Waals surface area contributed by atoms with Gasteiger partial charge in [-0.05, 0) is 24.1 Å². The number of Topliss-reactive ketones (excluding diaryl/α,β-unsaturated/α-hetero) is 1. The summed E-state index contributed by atoms with van der Waals surface area (Å²) in [6.45, 7) is -0.491. The lowest BCUT2D eigenvalue weighted by Crippen LogP contribution is -2.55. The Morgan fingerprint density at radius 1 is 1.22 bits per heavy atom. The van der Waals surface area contributed by atoms with E-state index in [1.54, 1.807) is 17.0 Å². The van der Waals surface area contributed by atoms with Gasteiger partial charge in [-0.1, -0.05) is 0 Å². The minimum absolute atomic E-state index is 0.0513. The number of furan rings is 1. The molecule has 2 fully saturated rings. The monoisotopic (exact) mass is 524 g/mol. The van der Waals surface area contributed by atoms with Crippen molar-refractivity contribution in [2.24, 2.45) is 11.7 Å². The number of halogens is 5. The van der Waals surface area contributed by atoms with E-state index in [1.165, 1.54) is 23.5 Å². The normalized spacial score (nSPS) is 22.3. The van der Waals surface area contributed by atoms with Crippen molar-refractivity contribution in [1.29, 1.82) is 0 Å². The Labute approximate surface area is 208 Å². The first-order chi connectivity index (χ1) is 17.4. The molecule has 2 saturated heterocycles. The molecule has 0 saturated carbocycles. The van der Waals surface area contributed by atoms with Crippen LogP contribution in [0, 0.1) is 5.92 Å². The molecule has 3 aromatic heterocycles. The van der Waals surface area contributed by atoms with E-state index in [9.17, 15) is 26.7 Å². The van der Waals surface area contributed by atoms with E-state index in [1.807, 2.05) is 0 Å². The molecule has 8 nitrogen and oxygen atoms in total. The molecule has 3 aromatic rings. The number of pyridine rings is 2. The SMILES string of the molecule is Nc1oc2cc(CN3CC(F)(F)C3)cnc2c1C(=O)Cc1cnccc1N1C[C@@H](N)C[C@@H](C(F)(F)F)C1. The number of alkyl halides is 5. The van der Waals surface area contributed by atoms with Crippen molar-refractivity contribution >= 4 is 28.5 Å². The van der Waals surface area contributed by atoms with Gasteiger partial charge >= 0.3 is 6.18 Å². The second-order valence-corrected chi connectivity index (χ2v) is 9.78. The van der Waals surface area contributed by atoms with E-state index >= 15 is 0 Å². The third kappa shape index (κ3) is 5.23. The fourth-order valence-corrected chi connectivity index (χ4v) is 5.07. The summed E-state index contributed by atoms with van der Waals surface area (Å²) in [5, 5.41) is 0. The third-order valence-corrected chi connectivity index (χ3v) is 6.72. The number of nitrogens with two attached hydrogens (primary N) is 2. The Kier molecular flexibility index (Phi) is 6.31. The van der Waals surface area contributed by atoms with Crippen LogP contribution in [-0.2, 0) is 13.0 Å². The number of carbonyl (C=O) groups is 1. The van der Waals surface area contributed by atoms with Gasteiger partial charge < -0.3 is 20.8 Å². The van der Waals surface area contributed by atoms with Gasteiger partial charge in [-0.3, -0.25) is 19.7 Å². The second kappa shape index (κ2) is 9.21. The first kappa shape index (κ1) is 25.3. The number of carbonyl (C=O) groups excluding carboxylic acids is 1. The summed E-state index contributed by atoms with van der Waals surface area (Å²) < 4.78 is 72.1. The van der Waals surface area contributed by atoms with E-state index in [2.05, 4.69) is 9.97 Å². The predicted octanol–water partition coefficient (Wildman–Crippen LogP) is 3.40. The Balaban J connectivity index is 1.36. The largest absolute Gasteiger partial charge is 0.438 e. The van der Waals surface area contributed by atoms with E-state index in [4.69, 9.17) is 15.9 Å². The van der Waals surface area contributed by atoms with E-state index in [-0.39, 0.29) is 68.1 Å². The summed E-state index contributed by atoms with van der Waals surface area (Å²) in [6.07, 6.45) is -0.383. The van der Waals surface area contributed by atoms with Crippen molar-refractivity contribution in [2.45, 2.75) is 37.5 Å². The van der Waals surface area contributed by atoms with Gasteiger partial charge in [-0.15, -0.1) is 0 Å². The molecule has 5 rings (SSSR count). The zero-order valence-electron chi connectivity index (χ0n) is 19.6. The zero-order chi connectivity index (χ0) is 26.5. The number of nitrogen functional groups attached to an aromatic ring is 1. The zero-order valence-corrected chi connectivity index (χ0v) is 19.6. The Morgan fingerprint density at radius 2 is 1.97 bits per heavy atom. The van der Waals surface area contributed by atoms with Gasteiger partial charge in [0.1, 0.15) is 11.1 Å². The molecule has 0 radical (unpaired) electrons. The summed E-state index contributed by atoms with van der Waals surface area (Å²) >= 11 is 0. The van der Waals surface area contributed by atoms with Crippen LogP contribution >= 0.6 is 0 Å². The summed E-state index contributed by atoms with van der Waals surface area (Å²) in [5.41, 5.74) is 13.9. The van der Waals surface area contributed by atoms with Crippen molar-refractivity contribution in [3.8, 4) is 0 Å². The summed E-state index contributed by atoms with van der Waals surface area (Å²) in [7, 11) is 0. The quantitative estimate of drug-likeness (QED) is 0.373. The highest BCUT2D eigenvalue weighted by atomic mass is 19.4. The molecule has 2 aliphatic rings. The number of fused-ring (bicyclic) bond motifs is 1. The van der Waals surface area contributed by atoms with Crippen molar-refractivity contribution in [1.82, 2.24) is 14.9 Å². The van der Waals surface area contributed by atoms with E-state index in [0.29, 0.717) is 16.8 Å². The van der Waals surface area contributed by atoms with Crippen LogP contribution in [0.15, 0.2) is 35.1 Å². The first-order valence-electron chi connectivity index (χ1n) is 11.7. The summed E-state index contributed by atoms with van der Waals surface area (Å²) in [4.78, 5) is 24.7. The highest BCUT2D eigenvalue weighted by molar-refractivity contribution is 6.10. The van der Waals surface area contributed by atoms with Crippen molar-refractivity contribution < 1.29 is 31.2 Å². The molecule has 198 valence electrons. The molecular weight excluding hydrogens is 499 g/mol. The van der Waals surface area contributed by atoms with Crippen LogP contribution in [0.1, 0.15) is 27.9 Å². The average Bonchev–Trinajstić information content (AvgIpc) is 3.12. The van der Waals surface area contributed by atoms with Crippen LogP contribution in [0.25, 0.3) is 11.1 Å². The van der Waals surface area contributed by atoms with Gasteiger partial charge in [0.15, 0.2) is 11.4 Å². The van der Waals surface area contributed by atoms with Crippen LogP contribution in [0.5, 0.6) is 0 Å². The Bertz CT molecular complexity index is 1320. The number of nitrogens with zero attached hydrogens (tertiary/aromatic N) is 4. The van der Waals surface area contributed by atoms with Crippen molar-refractivity contribution in [3.05, 3.63) is 47.4 Å². The van der Waals surface area contributed by atoms with Gasteiger partial charge in [-0.2, -0.15) is 13.2 Å². The first-order valence-corrected chi connectivity index (χ1v) is 11.7. The van der Waals surface area contributed by atoms with Gasteiger partial charge in [0, 0.05) is 61.9 Å². The predicted molar refractivity (Wildman–Crippen MR) is 125 cm³/mol. The van der Waals surface area contributed by atoms with Crippen LogP contribution in [0.2, 0.25) is 0 Å². The van der Waals surface area contributed by atoms with E-state index in [0.717, 1.165) is 0 Å². The third-order valence-electron chi connectivity index (χ3n) is 6.72. The Hall–Kier alpha value is -3.32. The smallest absolute Gasteiger partial charge is 0.393 e. The number of hydrogen-bond donors (Lipinski definition) is 2. The molecule has 0 amide bonds. The topological polar surface area (TPSA) is 115 Å². The fraction of sp³-hybridized carbons (Fsp3) is 0.458. The molecule has 0 aliphatic carbocycles. The molecule has 2 atom stereocenters. The number of rotatable bonds is 6. The van der Waals surface area contributed by atoms with Gasteiger partial charge in [0.2, 0.25) is 5.88 Å². The van der Waals surface area contributed by atoms with Crippen LogP contribution in [-0.4, -0.2) is 65.0 Å². The maximum absolute atomic E-state index is 13.4. The highest BCUT2D eigenvalue weighted by Crippen LogP contribution is 2.36. The molecule has 0 aromatic carbocycles. The maximum Gasteiger partial charge on any atom is 0.393 e. The molecule has 37 heavy (non-hydrogen) atoms. The number of piperidine rings is 1. The lowest BCUT2D eigenvalue weighted by Gasteiger charge is -2.39. The Morgan fingerprint density at radius 3 is 2.68 bits per heavy atom. The number of anilines is 2. The number of aromatic nitrogens is 2. The molecular formula is C24H25F5N6O2. The van der Waals surface area contributed by atoms with Gasteiger partial charge in [-0.25, -0.2) is 8.78 Å². The van der Waals surface area contributed by atoms with Crippen LogP contribution in [0.3, 0.4) is 0 Å². The fourth-order valence-electron chi connectivity index (χ4n) is 5.07. The minimum Gasteiger partial charge on any atom is -0.438 e. The molecule has 0 spiro atoms. The number of ketones is 1. The van der Waals surface area contributed by atoms with Gasteiger partial charge in [0.05, 0.1) is 19.0 Å². The second-order valence-electron chi connectivity index (χ2n) is 9.78. The number of likely N-dealkylation sites (tertiary alicyclic amines) is 1. The molecule has 0 bridgehead atoms. The van der Waals surface area contributed by atoms with Crippen molar-refractivity contribution in [3.63, 3.8) is 0 Å². The van der Waals surface area contributed by atoms with Crippen LogP contribution < -0.4 is 16.4 Å². The summed E-state index contributed by atoms with van der Waals surface area (Å²) in [6, 6.07) is 2.49. The standard InChI is InChI=1S/C24H25F5N6O2/c25-23(26)11-34(12-23)8-13-3-19-21(33-6-13)20(22(31)37-19)18(36)4-14-7-32-2-1-17(14)35-9-15(24(27,28)29)5-16(30)10-35/h1-3,6-7,15-16H,4-5,8-12,30-31H2/t15-,16+/m1/s1.